The van der Waals surface area contributed by atoms with Crippen molar-refractivity contribution >= 4 is 17.3 Å². The number of fused-ring (bicyclic) bond motifs is 1. The molecule has 6 nitrogen and oxygen atoms in total. The molecule has 3 aromatic heterocycles. The molecule has 1 N–H and O–H groups in total. The fourth-order valence-electron chi connectivity index (χ4n) is 1.50. The van der Waals surface area contributed by atoms with E-state index in [0.29, 0.717) is 5.95 Å². The van der Waals surface area contributed by atoms with Crippen molar-refractivity contribution in [2.75, 3.05) is 5.32 Å². The number of rotatable bonds is 2. The van der Waals surface area contributed by atoms with E-state index in [1.165, 1.54) is 0 Å². The van der Waals surface area contributed by atoms with E-state index >= 15 is 0 Å². The van der Waals surface area contributed by atoms with Crippen LogP contribution in [0.2, 0.25) is 0 Å². The Morgan fingerprint density at radius 1 is 1.31 bits per heavy atom. The van der Waals surface area contributed by atoms with Crippen molar-refractivity contribution < 1.29 is 0 Å². The first-order chi connectivity index (χ1) is 7.81. The van der Waals surface area contributed by atoms with Crippen LogP contribution in [0.25, 0.3) is 5.65 Å². The molecule has 0 aliphatic rings. The van der Waals surface area contributed by atoms with Gasteiger partial charge in [-0.25, -0.2) is 4.52 Å². The van der Waals surface area contributed by atoms with Gasteiger partial charge in [0, 0.05) is 19.4 Å². The van der Waals surface area contributed by atoms with Crippen LogP contribution in [0.1, 0.15) is 0 Å². The van der Waals surface area contributed by atoms with Crippen molar-refractivity contribution in [3.8, 4) is 0 Å². The largest absolute Gasteiger partial charge is 0.320 e. The summed E-state index contributed by atoms with van der Waals surface area (Å²) in [7, 11) is 1.86. The van der Waals surface area contributed by atoms with Crippen LogP contribution in [0.5, 0.6) is 0 Å². The van der Waals surface area contributed by atoms with Crippen LogP contribution in [0.15, 0.2) is 36.8 Å². The highest BCUT2D eigenvalue weighted by Crippen LogP contribution is 2.12. The van der Waals surface area contributed by atoms with Crippen LogP contribution in [0, 0.1) is 0 Å². The second-order valence-electron chi connectivity index (χ2n) is 3.47. The number of anilines is 2. The fourth-order valence-corrected chi connectivity index (χ4v) is 1.50. The summed E-state index contributed by atoms with van der Waals surface area (Å²) in [5.41, 5.74) is 1.69. The maximum Gasteiger partial charge on any atom is 0.247 e. The second-order valence-corrected chi connectivity index (χ2v) is 3.47. The molecular weight excluding hydrogens is 204 g/mol. The zero-order valence-corrected chi connectivity index (χ0v) is 8.70. The van der Waals surface area contributed by atoms with E-state index in [1.807, 2.05) is 37.6 Å². The van der Waals surface area contributed by atoms with Gasteiger partial charge in [0.2, 0.25) is 5.95 Å². The third-order valence-electron chi connectivity index (χ3n) is 2.20. The van der Waals surface area contributed by atoms with Crippen LogP contribution in [0.4, 0.5) is 11.6 Å². The molecule has 3 heterocycles. The molecule has 80 valence electrons. The van der Waals surface area contributed by atoms with Crippen molar-refractivity contribution in [2.45, 2.75) is 0 Å². The van der Waals surface area contributed by atoms with Crippen LogP contribution in [-0.2, 0) is 7.05 Å². The lowest BCUT2D eigenvalue weighted by Crippen LogP contribution is -1.91. The number of aromatic nitrogens is 5. The number of hydrogen-bond acceptors (Lipinski definition) is 4. The number of nitrogens with zero attached hydrogens (tertiary/aromatic N) is 5. The number of pyridine rings is 1. The van der Waals surface area contributed by atoms with Crippen molar-refractivity contribution in [1.82, 2.24) is 24.4 Å². The minimum Gasteiger partial charge on any atom is -0.320 e. The zero-order valence-electron chi connectivity index (χ0n) is 8.70. The first-order valence-electron chi connectivity index (χ1n) is 4.88. The summed E-state index contributed by atoms with van der Waals surface area (Å²) < 4.78 is 3.44. The first kappa shape index (κ1) is 8.90. The molecule has 0 bridgehead atoms. The van der Waals surface area contributed by atoms with E-state index < -0.39 is 0 Å². The molecule has 16 heavy (non-hydrogen) atoms. The predicted molar refractivity (Wildman–Crippen MR) is 59.5 cm³/mol. The van der Waals surface area contributed by atoms with E-state index in [0.717, 1.165) is 11.3 Å². The molecule has 0 unspecified atom stereocenters. The minimum absolute atomic E-state index is 0.569. The highest BCUT2D eigenvalue weighted by atomic mass is 15.4. The van der Waals surface area contributed by atoms with Gasteiger partial charge < -0.3 is 5.32 Å². The average molecular weight is 214 g/mol. The Kier molecular flexibility index (Phi) is 1.86. The van der Waals surface area contributed by atoms with Gasteiger partial charge in [-0.2, -0.15) is 10.1 Å². The van der Waals surface area contributed by atoms with E-state index in [4.69, 9.17) is 0 Å². The maximum absolute atomic E-state index is 4.32. The monoisotopic (exact) mass is 214 g/mol. The Balaban J connectivity index is 1.95. The normalized spacial score (nSPS) is 10.8. The van der Waals surface area contributed by atoms with Crippen molar-refractivity contribution in [3.05, 3.63) is 36.8 Å². The standard InChI is InChI=1S/C10H10N6/c1-15-7-8(6-11-15)12-10-13-9-4-2-3-5-16(9)14-10/h2-7H,1H3,(H,12,14). The Morgan fingerprint density at radius 2 is 2.25 bits per heavy atom. The zero-order chi connectivity index (χ0) is 11.0. The van der Waals surface area contributed by atoms with Gasteiger partial charge in [-0.15, -0.1) is 5.10 Å². The van der Waals surface area contributed by atoms with Crippen molar-refractivity contribution in [3.63, 3.8) is 0 Å². The summed E-state index contributed by atoms with van der Waals surface area (Å²) in [6, 6.07) is 5.74. The van der Waals surface area contributed by atoms with Crippen LogP contribution >= 0.6 is 0 Å². The SMILES string of the molecule is Cn1cc(Nc2nc3ccccn3n2)cn1. The maximum atomic E-state index is 4.32. The van der Waals surface area contributed by atoms with Gasteiger partial charge >= 0.3 is 0 Å². The number of nitrogens with one attached hydrogen (secondary N) is 1. The van der Waals surface area contributed by atoms with Gasteiger partial charge in [0.05, 0.1) is 11.9 Å². The molecule has 0 aromatic carbocycles. The molecule has 0 saturated carbocycles. The van der Waals surface area contributed by atoms with Crippen molar-refractivity contribution in [2.24, 2.45) is 7.05 Å². The van der Waals surface area contributed by atoms with Crippen LogP contribution < -0.4 is 5.32 Å². The van der Waals surface area contributed by atoms with Crippen molar-refractivity contribution in [1.29, 1.82) is 0 Å². The molecule has 0 saturated heterocycles. The Morgan fingerprint density at radius 3 is 3.00 bits per heavy atom. The third-order valence-corrected chi connectivity index (χ3v) is 2.20. The van der Waals surface area contributed by atoms with Gasteiger partial charge in [-0.3, -0.25) is 4.68 Å². The van der Waals surface area contributed by atoms with Crippen LogP contribution in [-0.4, -0.2) is 24.4 Å². The highest BCUT2D eigenvalue weighted by Gasteiger charge is 2.03. The lowest BCUT2D eigenvalue weighted by atomic mass is 10.5. The number of aryl methyl sites for hydroxylation is 1. The quantitative estimate of drug-likeness (QED) is 0.696. The van der Waals surface area contributed by atoms with E-state index in [9.17, 15) is 0 Å². The first-order valence-corrected chi connectivity index (χ1v) is 4.88. The lowest BCUT2D eigenvalue weighted by molar-refractivity contribution is 0.768. The fraction of sp³-hybridized carbons (Fsp3) is 0.100. The molecule has 3 rings (SSSR count). The molecule has 0 aliphatic heterocycles. The average Bonchev–Trinajstić information content (AvgIpc) is 2.84. The van der Waals surface area contributed by atoms with Gasteiger partial charge in [-0.05, 0) is 12.1 Å². The summed E-state index contributed by atoms with van der Waals surface area (Å²) in [6.45, 7) is 0. The van der Waals surface area contributed by atoms with E-state index in [2.05, 4.69) is 20.5 Å². The Labute approximate surface area is 91.5 Å². The van der Waals surface area contributed by atoms with Gasteiger partial charge in [-0.1, -0.05) is 6.07 Å². The third kappa shape index (κ3) is 1.50. The van der Waals surface area contributed by atoms with E-state index in [-0.39, 0.29) is 0 Å². The molecule has 0 amide bonds. The van der Waals surface area contributed by atoms with Gasteiger partial charge in [0.1, 0.15) is 0 Å². The molecule has 0 spiro atoms. The highest BCUT2D eigenvalue weighted by molar-refractivity contribution is 5.53. The van der Waals surface area contributed by atoms with E-state index in [1.54, 1.807) is 15.4 Å². The molecule has 0 atom stereocenters. The molecule has 6 heteroatoms. The second kappa shape index (κ2) is 3.34. The molecule has 3 aromatic rings. The number of hydrogen-bond donors (Lipinski definition) is 1. The Bertz CT molecular complexity index is 590. The minimum atomic E-state index is 0.569. The molecule has 0 radical (unpaired) electrons. The molecular formula is C10H10N6. The predicted octanol–water partition coefficient (Wildman–Crippen LogP) is 1.21. The van der Waals surface area contributed by atoms with Crippen LogP contribution in [0.3, 0.4) is 0 Å². The summed E-state index contributed by atoms with van der Waals surface area (Å²) in [5, 5.41) is 11.4. The lowest BCUT2D eigenvalue weighted by Gasteiger charge is -1.93. The molecule has 0 aliphatic carbocycles. The summed E-state index contributed by atoms with van der Waals surface area (Å²) in [4.78, 5) is 4.32. The summed E-state index contributed by atoms with van der Waals surface area (Å²) in [6.07, 6.45) is 5.45. The van der Waals surface area contributed by atoms with Gasteiger partial charge in [0.15, 0.2) is 5.65 Å². The molecule has 0 fully saturated rings. The topological polar surface area (TPSA) is 60.0 Å². The smallest absolute Gasteiger partial charge is 0.247 e. The Hall–Kier alpha value is -2.37. The summed E-state index contributed by atoms with van der Waals surface area (Å²) >= 11 is 0. The van der Waals surface area contributed by atoms with Gasteiger partial charge in [0.25, 0.3) is 0 Å². The summed E-state index contributed by atoms with van der Waals surface area (Å²) in [5.74, 6) is 0.569.